The van der Waals surface area contributed by atoms with Gasteiger partial charge in [-0.2, -0.15) is 0 Å². The SMILES string of the molecule is CN1CCN(c2ccc(NC(=O)c3ccc(COc4ccc(Br)cc4)o3)cn2)CC1. The van der Waals surface area contributed by atoms with Crippen molar-refractivity contribution in [3.05, 3.63) is 70.7 Å². The van der Waals surface area contributed by atoms with Crippen LogP contribution < -0.4 is 15.0 Å². The fourth-order valence-corrected chi connectivity index (χ4v) is 3.40. The second-order valence-corrected chi connectivity index (χ2v) is 8.07. The third-order valence-electron chi connectivity index (χ3n) is 4.91. The lowest BCUT2D eigenvalue weighted by atomic mass is 10.3. The summed E-state index contributed by atoms with van der Waals surface area (Å²) in [7, 11) is 2.12. The van der Waals surface area contributed by atoms with Gasteiger partial charge in [0.1, 0.15) is 23.9 Å². The number of anilines is 2. The van der Waals surface area contributed by atoms with Crippen molar-refractivity contribution in [3.63, 3.8) is 0 Å². The summed E-state index contributed by atoms with van der Waals surface area (Å²) >= 11 is 3.39. The Morgan fingerprint density at radius 2 is 1.87 bits per heavy atom. The number of carbonyl (C=O) groups is 1. The zero-order chi connectivity index (χ0) is 20.9. The highest BCUT2D eigenvalue weighted by atomic mass is 79.9. The van der Waals surface area contributed by atoms with E-state index in [9.17, 15) is 4.79 Å². The molecule has 2 aromatic heterocycles. The molecule has 0 spiro atoms. The van der Waals surface area contributed by atoms with Crippen molar-refractivity contribution in [2.45, 2.75) is 6.61 Å². The molecular weight excluding hydrogens is 448 g/mol. The molecule has 1 aliphatic rings. The first-order valence-electron chi connectivity index (χ1n) is 9.75. The Morgan fingerprint density at radius 3 is 2.57 bits per heavy atom. The first kappa shape index (κ1) is 20.4. The highest BCUT2D eigenvalue weighted by Crippen LogP contribution is 2.19. The summed E-state index contributed by atoms with van der Waals surface area (Å²) < 4.78 is 12.3. The summed E-state index contributed by atoms with van der Waals surface area (Å²) in [5.74, 6) is 2.14. The molecule has 1 aromatic carbocycles. The number of halogens is 1. The van der Waals surface area contributed by atoms with Gasteiger partial charge in [-0.3, -0.25) is 4.79 Å². The number of carbonyl (C=O) groups excluding carboxylic acids is 1. The van der Waals surface area contributed by atoms with Crippen LogP contribution in [0.3, 0.4) is 0 Å². The number of benzene rings is 1. The lowest BCUT2D eigenvalue weighted by Gasteiger charge is -2.33. The molecule has 1 amide bonds. The van der Waals surface area contributed by atoms with Gasteiger partial charge < -0.3 is 24.3 Å². The summed E-state index contributed by atoms with van der Waals surface area (Å²) in [5.41, 5.74) is 0.627. The minimum absolute atomic E-state index is 0.229. The largest absolute Gasteiger partial charge is 0.486 e. The number of furan rings is 1. The van der Waals surface area contributed by atoms with Crippen LogP contribution in [-0.2, 0) is 6.61 Å². The molecule has 0 bridgehead atoms. The number of nitrogens with zero attached hydrogens (tertiary/aromatic N) is 3. The molecule has 1 N–H and O–H groups in total. The third-order valence-corrected chi connectivity index (χ3v) is 5.44. The van der Waals surface area contributed by atoms with Crippen LogP contribution in [0.1, 0.15) is 16.3 Å². The minimum Gasteiger partial charge on any atom is -0.486 e. The van der Waals surface area contributed by atoms with Crippen molar-refractivity contribution in [3.8, 4) is 5.75 Å². The van der Waals surface area contributed by atoms with Crippen molar-refractivity contribution in [2.24, 2.45) is 0 Å². The lowest BCUT2D eigenvalue weighted by molar-refractivity contribution is 0.0992. The molecule has 30 heavy (non-hydrogen) atoms. The summed E-state index contributed by atoms with van der Waals surface area (Å²) in [5, 5.41) is 2.82. The van der Waals surface area contributed by atoms with E-state index >= 15 is 0 Å². The van der Waals surface area contributed by atoms with Gasteiger partial charge in [0.05, 0.1) is 11.9 Å². The maximum atomic E-state index is 12.5. The number of aromatic nitrogens is 1. The zero-order valence-electron chi connectivity index (χ0n) is 16.7. The normalized spacial score (nSPS) is 14.5. The summed E-state index contributed by atoms with van der Waals surface area (Å²) in [6, 6.07) is 14.7. The van der Waals surface area contributed by atoms with E-state index < -0.39 is 0 Å². The van der Waals surface area contributed by atoms with E-state index in [0.717, 1.165) is 42.2 Å². The van der Waals surface area contributed by atoms with Gasteiger partial charge in [0.15, 0.2) is 5.76 Å². The van der Waals surface area contributed by atoms with E-state index in [1.54, 1.807) is 18.3 Å². The molecule has 4 rings (SSSR count). The first-order valence-corrected chi connectivity index (χ1v) is 10.5. The average Bonchev–Trinajstić information content (AvgIpc) is 3.24. The highest BCUT2D eigenvalue weighted by Gasteiger charge is 2.16. The van der Waals surface area contributed by atoms with Gasteiger partial charge in [0, 0.05) is 30.7 Å². The van der Waals surface area contributed by atoms with Crippen LogP contribution in [0.2, 0.25) is 0 Å². The van der Waals surface area contributed by atoms with E-state index in [2.05, 4.69) is 43.1 Å². The number of ether oxygens (including phenoxy) is 1. The van der Waals surface area contributed by atoms with Gasteiger partial charge in [0.25, 0.3) is 5.91 Å². The number of hydrogen-bond acceptors (Lipinski definition) is 6. The molecule has 1 aliphatic heterocycles. The van der Waals surface area contributed by atoms with Gasteiger partial charge in [-0.15, -0.1) is 0 Å². The van der Waals surface area contributed by atoms with Crippen LogP contribution in [0, 0.1) is 0 Å². The quantitative estimate of drug-likeness (QED) is 0.586. The number of nitrogens with one attached hydrogen (secondary N) is 1. The number of pyridine rings is 1. The monoisotopic (exact) mass is 470 g/mol. The number of amides is 1. The number of likely N-dealkylation sites (N-methyl/N-ethyl adjacent to an activating group) is 1. The summed E-state index contributed by atoms with van der Waals surface area (Å²) in [4.78, 5) is 21.5. The molecule has 0 radical (unpaired) electrons. The lowest BCUT2D eigenvalue weighted by Crippen LogP contribution is -2.44. The molecule has 8 heteroatoms. The first-order chi connectivity index (χ1) is 14.6. The predicted octanol–water partition coefficient (Wildman–Crippen LogP) is 4.02. The molecular formula is C22H23BrN4O3. The highest BCUT2D eigenvalue weighted by molar-refractivity contribution is 9.10. The predicted molar refractivity (Wildman–Crippen MR) is 119 cm³/mol. The fourth-order valence-electron chi connectivity index (χ4n) is 3.14. The van der Waals surface area contributed by atoms with Crippen LogP contribution in [0.25, 0.3) is 0 Å². The van der Waals surface area contributed by atoms with Crippen LogP contribution in [-0.4, -0.2) is 49.0 Å². The van der Waals surface area contributed by atoms with Crippen LogP contribution >= 0.6 is 15.9 Å². The number of rotatable bonds is 6. The van der Waals surface area contributed by atoms with E-state index in [0.29, 0.717) is 11.4 Å². The van der Waals surface area contributed by atoms with Crippen LogP contribution in [0.4, 0.5) is 11.5 Å². The molecule has 1 saturated heterocycles. The Labute approximate surface area is 183 Å². The second kappa shape index (κ2) is 9.32. The van der Waals surface area contributed by atoms with Crippen LogP contribution in [0.5, 0.6) is 5.75 Å². The maximum absolute atomic E-state index is 12.5. The van der Waals surface area contributed by atoms with E-state index in [1.165, 1.54) is 0 Å². The smallest absolute Gasteiger partial charge is 0.291 e. The Bertz CT molecular complexity index is 980. The van der Waals surface area contributed by atoms with Crippen molar-refractivity contribution >= 4 is 33.3 Å². The van der Waals surface area contributed by atoms with Gasteiger partial charge in [0.2, 0.25) is 0 Å². The molecule has 156 valence electrons. The molecule has 0 aliphatic carbocycles. The van der Waals surface area contributed by atoms with Gasteiger partial charge >= 0.3 is 0 Å². The molecule has 0 atom stereocenters. The molecule has 1 fully saturated rings. The van der Waals surface area contributed by atoms with Gasteiger partial charge in [-0.1, -0.05) is 15.9 Å². The Balaban J connectivity index is 1.31. The van der Waals surface area contributed by atoms with Crippen molar-refractivity contribution in [1.29, 1.82) is 0 Å². The standard InChI is InChI=1S/C22H23BrN4O3/c1-26-10-12-27(13-11-26)21-9-4-17(14-24-21)25-22(28)20-8-7-19(30-20)15-29-18-5-2-16(23)3-6-18/h2-9,14H,10-13,15H2,1H3,(H,25,28). The van der Waals surface area contributed by atoms with Crippen molar-refractivity contribution in [2.75, 3.05) is 43.4 Å². The summed E-state index contributed by atoms with van der Waals surface area (Å²) in [6.07, 6.45) is 1.67. The summed E-state index contributed by atoms with van der Waals surface area (Å²) in [6.45, 7) is 4.19. The van der Waals surface area contributed by atoms with E-state index in [1.807, 2.05) is 36.4 Å². The zero-order valence-corrected chi connectivity index (χ0v) is 18.3. The Morgan fingerprint density at radius 1 is 1.10 bits per heavy atom. The average molecular weight is 471 g/mol. The van der Waals surface area contributed by atoms with E-state index in [4.69, 9.17) is 9.15 Å². The number of hydrogen-bond donors (Lipinski definition) is 1. The molecule has 0 saturated carbocycles. The molecule has 3 heterocycles. The third kappa shape index (κ3) is 5.20. The van der Waals surface area contributed by atoms with Crippen molar-refractivity contribution in [1.82, 2.24) is 9.88 Å². The second-order valence-electron chi connectivity index (χ2n) is 7.16. The van der Waals surface area contributed by atoms with Gasteiger partial charge in [-0.25, -0.2) is 4.98 Å². The van der Waals surface area contributed by atoms with Gasteiger partial charge in [-0.05, 0) is 55.6 Å². The molecule has 7 nitrogen and oxygen atoms in total. The molecule has 3 aromatic rings. The van der Waals surface area contributed by atoms with E-state index in [-0.39, 0.29) is 18.3 Å². The molecule has 0 unspecified atom stereocenters. The Kier molecular flexibility index (Phi) is 6.35. The van der Waals surface area contributed by atoms with Crippen LogP contribution in [0.15, 0.2) is 63.6 Å². The maximum Gasteiger partial charge on any atom is 0.291 e. The fraction of sp³-hybridized carbons (Fsp3) is 0.273. The minimum atomic E-state index is -0.320. The van der Waals surface area contributed by atoms with Crippen molar-refractivity contribution < 1.29 is 13.9 Å². The Hall–Kier alpha value is -2.84. The topological polar surface area (TPSA) is 70.8 Å². The number of piperazine rings is 1.